The van der Waals surface area contributed by atoms with Crippen LogP contribution in [0.15, 0.2) is 24.3 Å². The standard InChI is InChI=1S/C13H18FN3O2/c1-15-12(18)8-17(2)9-13(19)16-7-10-3-5-11(14)6-4-10/h3-6H,7-9H2,1-2H3,(H,15,18)(H,16,19). The topological polar surface area (TPSA) is 61.4 Å². The van der Waals surface area contributed by atoms with E-state index in [0.29, 0.717) is 6.54 Å². The molecule has 0 saturated heterocycles. The van der Waals surface area contributed by atoms with Crippen LogP contribution in [0.4, 0.5) is 4.39 Å². The van der Waals surface area contributed by atoms with Crippen molar-refractivity contribution in [3.05, 3.63) is 35.6 Å². The van der Waals surface area contributed by atoms with Gasteiger partial charge in [-0.2, -0.15) is 0 Å². The fourth-order valence-corrected chi connectivity index (χ4v) is 1.48. The number of benzene rings is 1. The SMILES string of the molecule is CNC(=O)CN(C)CC(=O)NCc1ccc(F)cc1. The molecule has 0 aromatic heterocycles. The minimum Gasteiger partial charge on any atom is -0.358 e. The van der Waals surface area contributed by atoms with E-state index in [9.17, 15) is 14.0 Å². The summed E-state index contributed by atoms with van der Waals surface area (Å²) in [5, 5.41) is 5.19. The maximum atomic E-state index is 12.7. The summed E-state index contributed by atoms with van der Waals surface area (Å²) < 4.78 is 12.7. The monoisotopic (exact) mass is 267 g/mol. The molecular formula is C13H18FN3O2. The first-order chi connectivity index (χ1) is 9.01. The fourth-order valence-electron chi connectivity index (χ4n) is 1.48. The first kappa shape index (κ1) is 15.1. The molecule has 0 aliphatic carbocycles. The van der Waals surface area contributed by atoms with Crippen LogP contribution in [0.1, 0.15) is 5.56 Å². The van der Waals surface area contributed by atoms with E-state index in [2.05, 4.69) is 10.6 Å². The highest BCUT2D eigenvalue weighted by Crippen LogP contribution is 2.01. The number of rotatable bonds is 6. The average Bonchev–Trinajstić information content (AvgIpc) is 2.37. The number of nitrogens with zero attached hydrogens (tertiary/aromatic N) is 1. The van der Waals surface area contributed by atoms with Crippen molar-refractivity contribution >= 4 is 11.8 Å². The molecule has 0 aliphatic heterocycles. The molecule has 0 unspecified atom stereocenters. The number of hydrogen-bond acceptors (Lipinski definition) is 3. The molecule has 6 heteroatoms. The van der Waals surface area contributed by atoms with E-state index in [0.717, 1.165) is 5.56 Å². The molecule has 1 aromatic rings. The van der Waals surface area contributed by atoms with E-state index in [1.54, 1.807) is 31.1 Å². The minimum atomic E-state index is -0.305. The van der Waals surface area contributed by atoms with Gasteiger partial charge in [0.1, 0.15) is 5.82 Å². The molecule has 1 aromatic carbocycles. The van der Waals surface area contributed by atoms with E-state index >= 15 is 0 Å². The molecule has 2 N–H and O–H groups in total. The highest BCUT2D eigenvalue weighted by atomic mass is 19.1. The van der Waals surface area contributed by atoms with E-state index in [1.165, 1.54) is 12.1 Å². The maximum absolute atomic E-state index is 12.7. The van der Waals surface area contributed by atoms with Crippen LogP contribution >= 0.6 is 0 Å². The molecule has 104 valence electrons. The van der Waals surface area contributed by atoms with Gasteiger partial charge in [0.05, 0.1) is 13.1 Å². The highest BCUT2D eigenvalue weighted by molar-refractivity contribution is 5.80. The van der Waals surface area contributed by atoms with E-state index < -0.39 is 0 Å². The lowest BCUT2D eigenvalue weighted by atomic mass is 10.2. The summed E-state index contributed by atoms with van der Waals surface area (Å²) in [6.45, 7) is 0.641. The van der Waals surface area contributed by atoms with E-state index in [1.807, 2.05) is 0 Å². The van der Waals surface area contributed by atoms with Gasteiger partial charge in [0.15, 0.2) is 0 Å². The van der Waals surface area contributed by atoms with Crippen LogP contribution in [0.25, 0.3) is 0 Å². The second-order valence-electron chi connectivity index (χ2n) is 4.25. The predicted octanol–water partition coefficient (Wildman–Crippen LogP) is 0.120. The lowest BCUT2D eigenvalue weighted by molar-refractivity contribution is -0.124. The highest BCUT2D eigenvalue weighted by Gasteiger charge is 2.09. The molecule has 19 heavy (non-hydrogen) atoms. The first-order valence-electron chi connectivity index (χ1n) is 5.91. The number of carbonyl (C=O) groups is 2. The number of likely N-dealkylation sites (N-methyl/N-ethyl adjacent to an activating group) is 2. The molecule has 0 spiro atoms. The van der Waals surface area contributed by atoms with Gasteiger partial charge in [-0.25, -0.2) is 4.39 Å². The molecule has 0 saturated carbocycles. The lowest BCUT2D eigenvalue weighted by Gasteiger charge is -2.15. The van der Waals surface area contributed by atoms with Crippen LogP contribution in [0.5, 0.6) is 0 Å². The zero-order valence-corrected chi connectivity index (χ0v) is 11.1. The lowest BCUT2D eigenvalue weighted by Crippen LogP contribution is -2.39. The van der Waals surface area contributed by atoms with Crippen LogP contribution in [-0.4, -0.2) is 43.9 Å². The normalized spacial score (nSPS) is 10.3. The van der Waals surface area contributed by atoms with Crippen molar-refractivity contribution in [2.24, 2.45) is 0 Å². The molecule has 2 amide bonds. The van der Waals surface area contributed by atoms with Crippen molar-refractivity contribution in [1.82, 2.24) is 15.5 Å². The van der Waals surface area contributed by atoms with Crippen molar-refractivity contribution in [3.63, 3.8) is 0 Å². The van der Waals surface area contributed by atoms with Crippen molar-refractivity contribution in [2.45, 2.75) is 6.54 Å². The summed E-state index contributed by atoms with van der Waals surface area (Å²) in [4.78, 5) is 24.3. The Morgan fingerprint density at radius 2 is 1.74 bits per heavy atom. The average molecular weight is 267 g/mol. The van der Waals surface area contributed by atoms with Crippen LogP contribution in [0.3, 0.4) is 0 Å². The first-order valence-corrected chi connectivity index (χ1v) is 5.91. The van der Waals surface area contributed by atoms with Crippen LogP contribution < -0.4 is 10.6 Å². The Hall–Kier alpha value is -1.95. The summed E-state index contributed by atoms with van der Waals surface area (Å²) in [6.07, 6.45) is 0. The second kappa shape index (κ2) is 7.48. The molecule has 0 fully saturated rings. The number of hydrogen-bond donors (Lipinski definition) is 2. The van der Waals surface area contributed by atoms with Gasteiger partial charge in [0.2, 0.25) is 11.8 Å². The smallest absolute Gasteiger partial charge is 0.234 e. The van der Waals surface area contributed by atoms with Crippen molar-refractivity contribution in [1.29, 1.82) is 0 Å². The maximum Gasteiger partial charge on any atom is 0.234 e. The molecule has 0 radical (unpaired) electrons. The van der Waals surface area contributed by atoms with Gasteiger partial charge in [-0.3, -0.25) is 14.5 Å². The number of amides is 2. The Bertz CT molecular complexity index is 434. The molecule has 0 atom stereocenters. The van der Waals surface area contributed by atoms with Crippen molar-refractivity contribution in [2.75, 3.05) is 27.2 Å². The van der Waals surface area contributed by atoms with Crippen molar-refractivity contribution < 1.29 is 14.0 Å². The Labute approximate surface area is 111 Å². The molecule has 0 heterocycles. The van der Waals surface area contributed by atoms with Gasteiger partial charge in [0.25, 0.3) is 0 Å². The number of nitrogens with one attached hydrogen (secondary N) is 2. The number of halogens is 1. The summed E-state index contributed by atoms with van der Waals surface area (Å²) in [5.41, 5.74) is 0.823. The van der Waals surface area contributed by atoms with Gasteiger partial charge in [0, 0.05) is 13.6 Å². The third kappa shape index (κ3) is 5.96. The molecular weight excluding hydrogens is 249 g/mol. The minimum absolute atomic E-state index is 0.134. The summed E-state index contributed by atoms with van der Waals surface area (Å²) >= 11 is 0. The second-order valence-corrected chi connectivity index (χ2v) is 4.25. The van der Waals surface area contributed by atoms with Crippen LogP contribution in [0, 0.1) is 5.82 Å². The summed E-state index contributed by atoms with van der Waals surface area (Å²) in [5.74, 6) is -0.634. The Kier molecular flexibility index (Phi) is 5.95. The predicted molar refractivity (Wildman–Crippen MR) is 69.8 cm³/mol. The zero-order valence-electron chi connectivity index (χ0n) is 11.1. The van der Waals surface area contributed by atoms with E-state index in [4.69, 9.17) is 0 Å². The third-order valence-corrected chi connectivity index (χ3v) is 2.51. The van der Waals surface area contributed by atoms with Crippen LogP contribution in [-0.2, 0) is 16.1 Å². The van der Waals surface area contributed by atoms with E-state index in [-0.39, 0.29) is 30.7 Å². The Balaban J connectivity index is 2.31. The third-order valence-electron chi connectivity index (χ3n) is 2.51. The number of carbonyl (C=O) groups excluding carboxylic acids is 2. The Morgan fingerprint density at radius 1 is 1.16 bits per heavy atom. The molecule has 1 rings (SSSR count). The summed E-state index contributed by atoms with van der Waals surface area (Å²) in [7, 11) is 3.23. The molecule has 5 nitrogen and oxygen atoms in total. The summed E-state index contributed by atoms with van der Waals surface area (Å²) in [6, 6.07) is 5.92. The Morgan fingerprint density at radius 3 is 2.32 bits per heavy atom. The fraction of sp³-hybridized carbons (Fsp3) is 0.385. The zero-order chi connectivity index (χ0) is 14.3. The van der Waals surface area contributed by atoms with Gasteiger partial charge in [-0.1, -0.05) is 12.1 Å². The van der Waals surface area contributed by atoms with Crippen LogP contribution in [0.2, 0.25) is 0 Å². The largest absolute Gasteiger partial charge is 0.358 e. The van der Waals surface area contributed by atoms with Gasteiger partial charge in [-0.15, -0.1) is 0 Å². The van der Waals surface area contributed by atoms with Crippen molar-refractivity contribution in [3.8, 4) is 0 Å². The van der Waals surface area contributed by atoms with Gasteiger partial charge >= 0.3 is 0 Å². The quantitative estimate of drug-likeness (QED) is 0.769. The van der Waals surface area contributed by atoms with Gasteiger partial charge < -0.3 is 10.6 Å². The molecule has 0 bridgehead atoms. The van der Waals surface area contributed by atoms with Gasteiger partial charge in [-0.05, 0) is 24.7 Å². The molecule has 0 aliphatic rings.